The van der Waals surface area contributed by atoms with E-state index in [1.54, 1.807) is 0 Å². The minimum Gasteiger partial charge on any atom is -0.490 e. The summed E-state index contributed by atoms with van der Waals surface area (Å²) in [5.41, 5.74) is 2.52. The van der Waals surface area contributed by atoms with Crippen LogP contribution in [0.1, 0.15) is 5.56 Å². The van der Waals surface area contributed by atoms with Crippen LogP contribution < -0.4 is 9.64 Å². The molecule has 0 aromatic heterocycles. The van der Waals surface area contributed by atoms with E-state index in [1.165, 1.54) is 11.3 Å². The molecule has 0 saturated carbocycles. The highest BCUT2D eigenvalue weighted by Crippen LogP contribution is 2.32. The van der Waals surface area contributed by atoms with Crippen molar-refractivity contribution in [1.82, 2.24) is 0 Å². The van der Waals surface area contributed by atoms with Crippen LogP contribution in [0.4, 0.5) is 5.69 Å². The highest BCUT2D eigenvalue weighted by atomic mass is 79.9. The number of rotatable bonds is 2. The number of hydrogen-bond acceptors (Lipinski definition) is 2. The molecule has 0 fully saturated rings. The maximum absolute atomic E-state index is 5.60. The van der Waals surface area contributed by atoms with Crippen LogP contribution in [0.2, 0.25) is 0 Å². The van der Waals surface area contributed by atoms with Crippen molar-refractivity contribution in [1.29, 1.82) is 0 Å². The molecule has 1 aliphatic rings. The molecule has 0 unspecified atom stereocenters. The van der Waals surface area contributed by atoms with Crippen molar-refractivity contribution in [3.63, 3.8) is 0 Å². The third-order valence-corrected chi connectivity index (χ3v) is 2.78. The van der Waals surface area contributed by atoms with E-state index in [2.05, 4.69) is 46.0 Å². The van der Waals surface area contributed by atoms with Gasteiger partial charge < -0.3 is 9.64 Å². The number of ether oxygens (including phenoxy) is 1. The molecule has 0 aliphatic carbocycles. The van der Waals surface area contributed by atoms with Crippen molar-refractivity contribution in [2.75, 3.05) is 29.9 Å². The van der Waals surface area contributed by atoms with Gasteiger partial charge in [-0.1, -0.05) is 22.0 Å². The molecule has 1 heterocycles. The zero-order chi connectivity index (χ0) is 9.97. The maximum atomic E-state index is 5.60. The molecule has 0 N–H and O–H groups in total. The Bertz CT molecular complexity index is 327. The summed E-state index contributed by atoms with van der Waals surface area (Å²) in [4.78, 5) is 2.36. The molecule has 1 aromatic rings. The molecule has 0 atom stereocenters. The average Bonchev–Trinajstić information content (AvgIpc) is 2.19. The number of nitrogens with zero attached hydrogens (tertiary/aromatic N) is 1. The van der Waals surface area contributed by atoms with E-state index in [0.29, 0.717) is 0 Å². The molecule has 76 valence electrons. The van der Waals surface area contributed by atoms with E-state index in [-0.39, 0.29) is 0 Å². The highest BCUT2D eigenvalue weighted by molar-refractivity contribution is 9.09. The summed E-state index contributed by atoms with van der Waals surface area (Å²) in [7, 11) is 0. The lowest BCUT2D eigenvalue weighted by Gasteiger charge is -2.31. The van der Waals surface area contributed by atoms with Crippen molar-refractivity contribution in [2.24, 2.45) is 0 Å². The number of hydrogen-bond donors (Lipinski definition) is 0. The predicted molar refractivity (Wildman–Crippen MR) is 62.7 cm³/mol. The van der Waals surface area contributed by atoms with E-state index in [0.717, 1.165) is 30.8 Å². The van der Waals surface area contributed by atoms with Gasteiger partial charge >= 0.3 is 0 Å². The maximum Gasteiger partial charge on any atom is 0.142 e. The number of alkyl halides is 1. The van der Waals surface area contributed by atoms with E-state index in [1.807, 2.05) is 0 Å². The number of aryl methyl sites for hydroxylation is 1. The van der Waals surface area contributed by atoms with Crippen LogP contribution in [0.5, 0.6) is 5.75 Å². The van der Waals surface area contributed by atoms with Gasteiger partial charge in [-0.05, 0) is 24.6 Å². The number of halogens is 1. The van der Waals surface area contributed by atoms with Crippen molar-refractivity contribution in [2.45, 2.75) is 6.92 Å². The number of benzene rings is 1. The third-order valence-electron chi connectivity index (χ3n) is 2.43. The van der Waals surface area contributed by atoms with E-state index in [4.69, 9.17) is 4.74 Å². The topological polar surface area (TPSA) is 12.5 Å². The summed E-state index contributed by atoms with van der Waals surface area (Å²) in [5, 5.41) is 1.00. The Morgan fingerprint density at radius 3 is 3.14 bits per heavy atom. The first kappa shape index (κ1) is 9.84. The molecule has 14 heavy (non-hydrogen) atoms. The standard InChI is InChI=1S/C11H14BrNO/c1-9-2-3-11-10(8-9)13(5-4-12)6-7-14-11/h2-3,8H,4-7H2,1H3. The molecule has 2 rings (SSSR count). The fourth-order valence-corrected chi connectivity index (χ4v) is 2.15. The zero-order valence-electron chi connectivity index (χ0n) is 8.29. The van der Waals surface area contributed by atoms with Gasteiger partial charge in [-0.25, -0.2) is 0 Å². The van der Waals surface area contributed by atoms with E-state index in [9.17, 15) is 0 Å². The van der Waals surface area contributed by atoms with Gasteiger partial charge in [0.05, 0.1) is 12.2 Å². The van der Waals surface area contributed by atoms with Crippen LogP contribution in [0.25, 0.3) is 0 Å². The van der Waals surface area contributed by atoms with Gasteiger partial charge in [-0.3, -0.25) is 0 Å². The largest absolute Gasteiger partial charge is 0.490 e. The first-order valence-electron chi connectivity index (χ1n) is 4.85. The zero-order valence-corrected chi connectivity index (χ0v) is 9.88. The smallest absolute Gasteiger partial charge is 0.142 e. The summed E-state index contributed by atoms with van der Waals surface area (Å²) in [6.45, 7) is 4.94. The fourth-order valence-electron chi connectivity index (χ4n) is 1.72. The van der Waals surface area contributed by atoms with E-state index >= 15 is 0 Å². The monoisotopic (exact) mass is 255 g/mol. The molecule has 1 aliphatic heterocycles. The summed E-state index contributed by atoms with van der Waals surface area (Å²) in [5.74, 6) is 1.02. The van der Waals surface area contributed by atoms with Crippen LogP contribution in [0, 0.1) is 6.92 Å². The van der Waals surface area contributed by atoms with E-state index < -0.39 is 0 Å². The number of fused-ring (bicyclic) bond motifs is 1. The second-order valence-electron chi connectivity index (χ2n) is 3.50. The molecule has 3 heteroatoms. The Morgan fingerprint density at radius 2 is 2.36 bits per heavy atom. The Kier molecular flexibility index (Phi) is 2.96. The summed E-state index contributed by atoms with van der Waals surface area (Å²) in [6.07, 6.45) is 0. The average molecular weight is 256 g/mol. The van der Waals surface area contributed by atoms with Gasteiger partial charge in [0, 0.05) is 11.9 Å². The first-order chi connectivity index (χ1) is 6.81. The molecule has 1 aromatic carbocycles. The van der Waals surface area contributed by atoms with Crippen LogP contribution in [-0.2, 0) is 0 Å². The van der Waals surface area contributed by atoms with Gasteiger partial charge in [0.15, 0.2) is 0 Å². The van der Waals surface area contributed by atoms with Gasteiger partial charge in [0.2, 0.25) is 0 Å². The van der Waals surface area contributed by atoms with Gasteiger partial charge in [-0.2, -0.15) is 0 Å². The second kappa shape index (κ2) is 4.22. The second-order valence-corrected chi connectivity index (χ2v) is 4.29. The Hall–Kier alpha value is -0.700. The van der Waals surface area contributed by atoms with Crippen molar-refractivity contribution >= 4 is 21.6 Å². The van der Waals surface area contributed by atoms with Crippen molar-refractivity contribution in [3.8, 4) is 5.75 Å². The minimum atomic E-state index is 0.795. The molecule has 0 spiro atoms. The first-order valence-corrected chi connectivity index (χ1v) is 5.98. The Morgan fingerprint density at radius 1 is 1.50 bits per heavy atom. The van der Waals surface area contributed by atoms with Crippen molar-refractivity contribution < 1.29 is 4.74 Å². The molecular weight excluding hydrogens is 242 g/mol. The Labute approximate surface area is 93.0 Å². The molecule has 0 radical (unpaired) electrons. The quantitative estimate of drug-likeness (QED) is 0.754. The van der Waals surface area contributed by atoms with Crippen molar-refractivity contribution in [3.05, 3.63) is 23.8 Å². The molecule has 0 amide bonds. The molecule has 0 bridgehead atoms. The van der Waals surface area contributed by atoms with Gasteiger partial charge in [-0.15, -0.1) is 0 Å². The Balaban J connectivity index is 2.32. The van der Waals surface area contributed by atoms with Crippen LogP contribution in [0.3, 0.4) is 0 Å². The summed E-state index contributed by atoms with van der Waals surface area (Å²) >= 11 is 3.47. The number of anilines is 1. The molecular formula is C11H14BrNO. The SMILES string of the molecule is Cc1ccc2c(c1)N(CCBr)CCO2. The summed E-state index contributed by atoms with van der Waals surface area (Å²) < 4.78 is 5.60. The predicted octanol–water partition coefficient (Wildman–Crippen LogP) is 2.59. The lowest BCUT2D eigenvalue weighted by molar-refractivity contribution is 0.308. The highest BCUT2D eigenvalue weighted by Gasteiger charge is 2.16. The van der Waals surface area contributed by atoms with Crippen LogP contribution >= 0.6 is 15.9 Å². The van der Waals surface area contributed by atoms with Crippen LogP contribution in [0.15, 0.2) is 18.2 Å². The van der Waals surface area contributed by atoms with Gasteiger partial charge in [0.25, 0.3) is 0 Å². The third kappa shape index (κ3) is 1.87. The van der Waals surface area contributed by atoms with Gasteiger partial charge in [0.1, 0.15) is 12.4 Å². The molecule has 2 nitrogen and oxygen atoms in total. The normalized spacial score (nSPS) is 14.9. The lowest BCUT2D eigenvalue weighted by atomic mass is 10.1. The summed E-state index contributed by atoms with van der Waals surface area (Å²) in [6, 6.07) is 6.35. The van der Waals surface area contributed by atoms with Crippen LogP contribution in [-0.4, -0.2) is 25.0 Å². The minimum absolute atomic E-state index is 0.795. The lowest BCUT2D eigenvalue weighted by Crippen LogP contribution is -2.34. The molecule has 0 saturated heterocycles. The fraction of sp³-hybridized carbons (Fsp3) is 0.455.